The fourth-order valence-electron chi connectivity index (χ4n) is 4.51. The number of piperidine rings is 1. The maximum absolute atomic E-state index is 13.1. The van der Waals surface area contributed by atoms with Crippen molar-refractivity contribution in [2.45, 2.75) is 43.8 Å². The molecular weight excluding hydrogens is 326 g/mol. The summed E-state index contributed by atoms with van der Waals surface area (Å²) in [5, 5.41) is 8.60. The van der Waals surface area contributed by atoms with E-state index < -0.39 is 0 Å². The van der Waals surface area contributed by atoms with Gasteiger partial charge in [-0.1, -0.05) is 0 Å². The molecule has 6 nitrogen and oxygen atoms in total. The van der Waals surface area contributed by atoms with E-state index in [4.69, 9.17) is 0 Å². The van der Waals surface area contributed by atoms with Gasteiger partial charge < -0.3 is 9.47 Å². The highest BCUT2D eigenvalue weighted by molar-refractivity contribution is 5.95. The van der Waals surface area contributed by atoms with Crippen molar-refractivity contribution in [1.82, 2.24) is 24.5 Å². The third kappa shape index (κ3) is 2.53. The third-order valence-corrected chi connectivity index (χ3v) is 5.72. The minimum absolute atomic E-state index is 0.156. The van der Waals surface area contributed by atoms with E-state index in [9.17, 15) is 4.79 Å². The fourth-order valence-corrected chi connectivity index (χ4v) is 4.51. The Morgan fingerprint density at radius 3 is 2.12 bits per heavy atom. The first kappa shape index (κ1) is 15.4. The maximum Gasteiger partial charge on any atom is 0.254 e. The van der Waals surface area contributed by atoms with Crippen molar-refractivity contribution >= 4 is 5.91 Å². The molecule has 2 fully saturated rings. The standard InChI is InChI=1S/C20H21N5O/c26-20(15-3-5-16(6-4-15)23-11-1-2-12-23)24-17-7-8-18(24)14-19(13-17)25-21-9-10-22-25/h1-6,9-12,17-19H,7-8,13-14H2/t17-,18-/m0/s1. The Morgan fingerprint density at radius 1 is 0.885 bits per heavy atom. The van der Waals surface area contributed by atoms with Crippen molar-refractivity contribution in [1.29, 1.82) is 0 Å². The molecule has 0 unspecified atom stereocenters. The first-order valence-corrected chi connectivity index (χ1v) is 9.21. The second kappa shape index (κ2) is 6.12. The van der Waals surface area contributed by atoms with E-state index in [0.717, 1.165) is 36.9 Å². The van der Waals surface area contributed by atoms with Crippen LogP contribution in [0.15, 0.2) is 61.2 Å². The summed E-state index contributed by atoms with van der Waals surface area (Å²) in [5.74, 6) is 0.156. The van der Waals surface area contributed by atoms with E-state index in [-0.39, 0.29) is 5.91 Å². The van der Waals surface area contributed by atoms with Crippen molar-refractivity contribution in [2.75, 3.05) is 0 Å². The molecule has 0 saturated carbocycles. The molecule has 2 bridgehead atoms. The number of aromatic nitrogens is 4. The molecule has 2 aliphatic rings. The fraction of sp³-hybridized carbons (Fsp3) is 0.350. The largest absolute Gasteiger partial charge is 0.333 e. The van der Waals surface area contributed by atoms with Crippen LogP contribution >= 0.6 is 0 Å². The van der Waals surface area contributed by atoms with Gasteiger partial charge in [-0.05, 0) is 62.1 Å². The SMILES string of the molecule is O=C(c1ccc(-n2cccc2)cc1)N1[C@H]2CC[C@H]1CC(n1nccn1)C2. The maximum atomic E-state index is 13.1. The first-order chi connectivity index (χ1) is 12.8. The molecule has 2 saturated heterocycles. The number of benzene rings is 1. The predicted molar refractivity (Wildman–Crippen MR) is 97.0 cm³/mol. The van der Waals surface area contributed by atoms with E-state index in [2.05, 4.69) is 15.1 Å². The Hall–Kier alpha value is -2.89. The Morgan fingerprint density at radius 2 is 1.50 bits per heavy atom. The molecule has 2 aliphatic heterocycles. The Bertz CT molecular complexity index is 871. The van der Waals surface area contributed by atoms with Gasteiger partial charge in [0.25, 0.3) is 5.91 Å². The second-order valence-corrected chi connectivity index (χ2v) is 7.21. The van der Waals surface area contributed by atoms with E-state index in [1.165, 1.54) is 0 Å². The molecule has 0 N–H and O–H groups in total. The highest BCUT2D eigenvalue weighted by Gasteiger charge is 2.44. The Balaban J connectivity index is 1.35. The molecule has 3 aromatic rings. The molecule has 2 atom stereocenters. The van der Waals surface area contributed by atoms with Gasteiger partial charge in [0.2, 0.25) is 0 Å². The lowest BCUT2D eigenvalue weighted by Crippen LogP contribution is -2.47. The van der Waals surface area contributed by atoms with Crippen LogP contribution in [0.2, 0.25) is 0 Å². The van der Waals surface area contributed by atoms with Crippen LogP contribution in [0, 0.1) is 0 Å². The summed E-state index contributed by atoms with van der Waals surface area (Å²) >= 11 is 0. The van der Waals surface area contributed by atoms with Gasteiger partial charge >= 0.3 is 0 Å². The Labute approximate surface area is 152 Å². The van der Waals surface area contributed by atoms with E-state index in [0.29, 0.717) is 18.1 Å². The lowest BCUT2D eigenvalue weighted by atomic mass is 9.96. The van der Waals surface area contributed by atoms with Crippen LogP contribution in [-0.2, 0) is 0 Å². The summed E-state index contributed by atoms with van der Waals surface area (Å²) < 4.78 is 2.04. The number of carbonyl (C=O) groups is 1. The highest BCUT2D eigenvalue weighted by atomic mass is 16.2. The molecule has 2 aromatic heterocycles. The first-order valence-electron chi connectivity index (χ1n) is 9.21. The third-order valence-electron chi connectivity index (χ3n) is 5.72. The summed E-state index contributed by atoms with van der Waals surface area (Å²) in [7, 11) is 0. The zero-order valence-electron chi connectivity index (χ0n) is 14.5. The average Bonchev–Trinajstić information content (AvgIpc) is 3.42. The normalized spacial score (nSPS) is 24.8. The summed E-state index contributed by atoms with van der Waals surface area (Å²) in [6, 6.07) is 12.8. The zero-order chi connectivity index (χ0) is 17.5. The topological polar surface area (TPSA) is 56.0 Å². The molecule has 4 heterocycles. The predicted octanol–water partition coefficient (Wildman–Crippen LogP) is 3.08. The molecular formula is C20H21N5O. The van der Waals surface area contributed by atoms with Crippen molar-refractivity contribution < 1.29 is 4.79 Å². The molecule has 0 radical (unpaired) electrons. The summed E-state index contributed by atoms with van der Waals surface area (Å²) in [4.78, 5) is 17.1. The minimum atomic E-state index is 0.156. The molecule has 5 rings (SSSR count). The summed E-state index contributed by atoms with van der Waals surface area (Å²) in [5.41, 5.74) is 1.84. The molecule has 26 heavy (non-hydrogen) atoms. The van der Waals surface area contributed by atoms with Gasteiger partial charge in [-0.2, -0.15) is 15.0 Å². The second-order valence-electron chi connectivity index (χ2n) is 7.21. The lowest BCUT2D eigenvalue weighted by Gasteiger charge is -2.38. The van der Waals surface area contributed by atoms with Gasteiger partial charge in [0, 0.05) is 35.7 Å². The van der Waals surface area contributed by atoms with Crippen LogP contribution in [0.3, 0.4) is 0 Å². The van der Waals surface area contributed by atoms with Gasteiger partial charge in [0.1, 0.15) is 0 Å². The van der Waals surface area contributed by atoms with Crippen LogP contribution in [0.1, 0.15) is 42.1 Å². The smallest absolute Gasteiger partial charge is 0.254 e. The Kier molecular flexibility index (Phi) is 3.62. The zero-order valence-corrected chi connectivity index (χ0v) is 14.5. The van der Waals surface area contributed by atoms with Crippen LogP contribution < -0.4 is 0 Å². The number of amides is 1. The summed E-state index contributed by atoms with van der Waals surface area (Å²) in [6.07, 6.45) is 11.5. The van der Waals surface area contributed by atoms with E-state index >= 15 is 0 Å². The minimum Gasteiger partial charge on any atom is -0.333 e. The molecule has 0 aliphatic carbocycles. The van der Waals surface area contributed by atoms with Crippen molar-refractivity contribution in [3.8, 4) is 5.69 Å². The van der Waals surface area contributed by atoms with Crippen LogP contribution in [0.25, 0.3) is 5.69 Å². The van der Waals surface area contributed by atoms with Gasteiger partial charge in [-0.3, -0.25) is 4.79 Å². The van der Waals surface area contributed by atoms with Crippen LogP contribution in [0.4, 0.5) is 0 Å². The number of carbonyl (C=O) groups excluding carboxylic acids is 1. The number of rotatable bonds is 3. The number of hydrogen-bond acceptors (Lipinski definition) is 3. The van der Waals surface area contributed by atoms with Crippen molar-refractivity contribution in [2.24, 2.45) is 0 Å². The van der Waals surface area contributed by atoms with Gasteiger partial charge in [0.15, 0.2) is 0 Å². The highest BCUT2D eigenvalue weighted by Crippen LogP contribution is 2.41. The molecule has 1 amide bonds. The quantitative estimate of drug-likeness (QED) is 0.732. The number of nitrogens with zero attached hydrogens (tertiary/aromatic N) is 5. The van der Waals surface area contributed by atoms with Crippen molar-refractivity contribution in [3.05, 3.63) is 66.7 Å². The van der Waals surface area contributed by atoms with E-state index in [1.807, 2.05) is 58.2 Å². The average molecular weight is 347 g/mol. The van der Waals surface area contributed by atoms with Crippen LogP contribution in [0.5, 0.6) is 0 Å². The number of hydrogen-bond donors (Lipinski definition) is 0. The van der Waals surface area contributed by atoms with Crippen LogP contribution in [-0.4, -0.2) is 42.5 Å². The van der Waals surface area contributed by atoms with Gasteiger partial charge in [0.05, 0.1) is 18.4 Å². The van der Waals surface area contributed by atoms with Crippen molar-refractivity contribution in [3.63, 3.8) is 0 Å². The lowest BCUT2D eigenvalue weighted by molar-refractivity contribution is 0.0512. The van der Waals surface area contributed by atoms with Gasteiger partial charge in [-0.15, -0.1) is 0 Å². The molecule has 132 valence electrons. The number of fused-ring (bicyclic) bond motifs is 2. The monoisotopic (exact) mass is 347 g/mol. The molecule has 6 heteroatoms. The van der Waals surface area contributed by atoms with E-state index in [1.54, 1.807) is 12.4 Å². The summed E-state index contributed by atoms with van der Waals surface area (Å²) in [6.45, 7) is 0. The molecule has 1 aromatic carbocycles. The molecule has 0 spiro atoms. The van der Waals surface area contributed by atoms with Gasteiger partial charge in [-0.25, -0.2) is 0 Å².